The van der Waals surface area contributed by atoms with Crippen LogP contribution in [0.15, 0.2) is 30.3 Å². The van der Waals surface area contributed by atoms with Crippen molar-refractivity contribution in [3.63, 3.8) is 0 Å². The molecule has 2 unspecified atom stereocenters. The molecule has 2 saturated heterocycles. The van der Waals surface area contributed by atoms with Crippen LogP contribution < -0.4 is 0 Å². The smallest absolute Gasteiger partial charge is 0.412 e. The first-order valence-electron chi connectivity index (χ1n) is 7.86. The molecule has 2 saturated carbocycles. The summed E-state index contributed by atoms with van der Waals surface area (Å²) in [5.74, 6) is 1.18. The van der Waals surface area contributed by atoms with Gasteiger partial charge in [-0.2, -0.15) is 0 Å². The number of benzene rings is 1. The highest BCUT2D eigenvalue weighted by Crippen LogP contribution is 2.53. The zero-order chi connectivity index (χ0) is 14.4. The van der Waals surface area contributed by atoms with Crippen LogP contribution in [0.4, 0.5) is 4.79 Å². The van der Waals surface area contributed by atoms with Crippen LogP contribution in [0.5, 0.6) is 0 Å². The maximum absolute atomic E-state index is 12.5. The fraction of sp³-hybridized carbons (Fsp3) is 0.588. The van der Waals surface area contributed by atoms with Gasteiger partial charge < -0.3 is 9.84 Å². The third kappa shape index (κ3) is 2.22. The fourth-order valence-electron chi connectivity index (χ4n) is 4.73. The Morgan fingerprint density at radius 3 is 2.48 bits per heavy atom. The van der Waals surface area contributed by atoms with Gasteiger partial charge in [0.2, 0.25) is 0 Å². The van der Waals surface area contributed by atoms with Crippen LogP contribution in [0.3, 0.4) is 0 Å². The van der Waals surface area contributed by atoms with Crippen molar-refractivity contribution < 1.29 is 14.6 Å². The Morgan fingerprint density at radius 2 is 1.86 bits per heavy atom. The van der Waals surface area contributed by atoms with E-state index in [1.165, 1.54) is 6.42 Å². The summed E-state index contributed by atoms with van der Waals surface area (Å²) in [6.45, 7) is 0.270. The summed E-state index contributed by atoms with van der Waals surface area (Å²) in [5.41, 5.74) is 0.0190. The van der Waals surface area contributed by atoms with Crippen LogP contribution in [0.1, 0.15) is 37.7 Å². The molecule has 1 N–H and O–H groups in total. The molecule has 2 atom stereocenters. The molecule has 2 aliphatic heterocycles. The zero-order valence-electron chi connectivity index (χ0n) is 12.1. The molecule has 0 aromatic heterocycles. The summed E-state index contributed by atoms with van der Waals surface area (Å²) in [6.07, 6.45) is 4.37. The quantitative estimate of drug-likeness (QED) is 0.910. The molecule has 0 radical (unpaired) electrons. The van der Waals surface area contributed by atoms with Gasteiger partial charge in [-0.3, -0.25) is 4.90 Å². The summed E-state index contributed by atoms with van der Waals surface area (Å²) in [7, 11) is 0. The Labute approximate surface area is 124 Å². The number of hydrogen-bond donors (Lipinski definition) is 1. The van der Waals surface area contributed by atoms with E-state index in [4.69, 9.17) is 4.74 Å². The van der Waals surface area contributed by atoms with Gasteiger partial charge in [-0.15, -0.1) is 0 Å². The summed E-state index contributed by atoms with van der Waals surface area (Å²) in [5, 5.41) is 10.9. The van der Waals surface area contributed by atoms with Gasteiger partial charge in [-0.1, -0.05) is 30.3 Å². The molecule has 1 aromatic carbocycles. The number of carbonyl (C=O) groups is 1. The Balaban J connectivity index is 1.47. The van der Waals surface area contributed by atoms with Crippen molar-refractivity contribution >= 4 is 6.09 Å². The van der Waals surface area contributed by atoms with Crippen LogP contribution in [-0.2, 0) is 11.3 Å². The van der Waals surface area contributed by atoms with E-state index in [2.05, 4.69) is 0 Å². The van der Waals surface area contributed by atoms with Crippen LogP contribution in [0, 0.1) is 11.8 Å². The zero-order valence-corrected chi connectivity index (χ0v) is 12.1. The van der Waals surface area contributed by atoms with Crippen molar-refractivity contribution in [1.82, 2.24) is 4.90 Å². The highest BCUT2D eigenvalue weighted by atomic mass is 16.6. The number of amides is 1. The normalized spacial score (nSPS) is 36.8. The molecule has 4 heteroatoms. The van der Waals surface area contributed by atoms with Crippen molar-refractivity contribution in [1.29, 1.82) is 0 Å². The molecule has 1 amide bonds. The third-order valence-corrected chi connectivity index (χ3v) is 5.32. The highest BCUT2D eigenvalue weighted by molar-refractivity contribution is 5.69. The Kier molecular flexibility index (Phi) is 2.96. The molecule has 4 aliphatic rings. The molecule has 2 aliphatic carbocycles. The van der Waals surface area contributed by atoms with E-state index in [9.17, 15) is 9.90 Å². The Bertz CT molecular complexity index is 530. The van der Waals surface area contributed by atoms with Gasteiger partial charge >= 0.3 is 6.09 Å². The van der Waals surface area contributed by atoms with Crippen molar-refractivity contribution in [3.05, 3.63) is 35.9 Å². The standard InChI is InChI=1S/C17H21NO3/c19-16(21-11-12-4-2-1-3-5-12)18-15-7-13-6-14(8-15)10-17(18,20)9-13/h1-5,13-15,20H,6-11H2. The van der Waals surface area contributed by atoms with E-state index < -0.39 is 5.72 Å². The van der Waals surface area contributed by atoms with Crippen LogP contribution in [0.2, 0.25) is 0 Å². The first-order chi connectivity index (χ1) is 10.1. The van der Waals surface area contributed by atoms with Gasteiger partial charge in [0.25, 0.3) is 0 Å². The van der Waals surface area contributed by atoms with Gasteiger partial charge in [-0.05, 0) is 49.5 Å². The average Bonchev–Trinajstić information content (AvgIpc) is 2.44. The number of aliphatic hydroxyl groups is 1. The fourth-order valence-corrected chi connectivity index (χ4v) is 4.73. The average molecular weight is 287 g/mol. The van der Waals surface area contributed by atoms with Crippen LogP contribution in [-0.4, -0.2) is 27.9 Å². The molecule has 112 valence electrons. The summed E-state index contributed by atoms with van der Waals surface area (Å²) in [6, 6.07) is 9.85. The largest absolute Gasteiger partial charge is 0.444 e. The van der Waals surface area contributed by atoms with E-state index in [1.54, 1.807) is 4.90 Å². The summed E-state index contributed by atoms with van der Waals surface area (Å²) in [4.78, 5) is 14.1. The first kappa shape index (κ1) is 13.1. The van der Waals surface area contributed by atoms with Gasteiger partial charge in [0.1, 0.15) is 12.3 Å². The number of ether oxygens (including phenoxy) is 1. The van der Waals surface area contributed by atoms with E-state index in [1.807, 2.05) is 30.3 Å². The van der Waals surface area contributed by atoms with Gasteiger partial charge in [0, 0.05) is 6.04 Å². The van der Waals surface area contributed by atoms with Crippen molar-refractivity contribution in [2.45, 2.75) is 50.5 Å². The van der Waals surface area contributed by atoms with E-state index in [0.717, 1.165) is 31.2 Å². The van der Waals surface area contributed by atoms with Gasteiger partial charge in [0.15, 0.2) is 0 Å². The Morgan fingerprint density at radius 1 is 1.19 bits per heavy atom. The van der Waals surface area contributed by atoms with Gasteiger partial charge in [-0.25, -0.2) is 4.79 Å². The maximum atomic E-state index is 12.5. The van der Waals surface area contributed by atoms with Crippen LogP contribution >= 0.6 is 0 Å². The Hall–Kier alpha value is -1.55. The topological polar surface area (TPSA) is 49.8 Å². The van der Waals surface area contributed by atoms with E-state index in [0.29, 0.717) is 11.8 Å². The highest BCUT2D eigenvalue weighted by Gasteiger charge is 2.57. The molecule has 5 rings (SSSR count). The minimum absolute atomic E-state index is 0.171. The number of carbonyl (C=O) groups excluding carboxylic acids is 1. The molecule has 4 nitrogen and oxygen atoms in total. The summed E-state index contributed by atoms with van der Waals surface area (Å²) >= 11 is 0. The molecule has 1 aromatic rings. The maximum Gasteiger partial charge on any atom is 0.412 e. The predicted molar refractivity (Wildman–Crippen MR) is 77.3 cm³/mol. The van der Waals surface area contributed by atoms with Crippen LogP contribution in [0.25, 0.3) is 0 Å². The van der Waals surface area contributed by atoms with Crippen molar-refractivity contribution in [2.75, 3.05) is 0 Å². The number of hydrogen-bond acceptors (Lipinski definition) is 3. The number of piperidine rings is 2. The molecule has 4 bridgehead atoms. The third-order valence-electron chi connectivity index (χ3n) is 5.32. The molecule has 2 heterocycles. The van der Waals surface area contributed by atoms with Gasteiger partial charge in [0.05, 0.1) is 0 Å². The van der Waals surface area contributed by atoms with Crippen molar-refractivity contribution in [2.24, 2.45) is 11.8 Å². The molecular weight excluding hydrogens is 266 g/mol. The van der Waals surface area contributed by atoms with E-state index in [-0.39, 0.29) is 18.7 Å². The number of rotatable bonds is 2. The lowest BCUT2D eigenvalue weighted by atomic mass is 9.62. The number of nitrogens with zero attached hydrogens (tertiary/aromatic N) is 1. The lowest BCUT2D eigenvalue weighted by Gasteiger charge is -2.59. The minimum atomic E-state index is -0.956. The molecular formula is C17H21NO3. The monoisotopic (exact) mass is 287 g/mol. The second kappa shape index (κ2) is 4.73. The second-order valence-electron chi connectivity index (χ2n) is 6.89. The molecule has 21 heavy (non-hydrogen) atoms. The SMILES string of the molecule is O=C(OCc1ccccc1)N1C2CC3CC(C2)CC1(O)C3. The minimum Gasteiger partial charge on any atom is -0.444 e. The molecule has 0 spiro atoms. The lowest BCUT2D eigenvalue weighted by Crippen LogP contribution is -2.67. The second-order valence-corrected chi connectivity index (χ2v) is 6.89. The predicted octanol–water partition coefficient (Wildman–Crippen LogP) is 2.91. The van der Waals surface area contributed by atoms with E-state index >= 15 is 0 Å². The lowest BCUT2D eigenvalue weighted by molar-refractivity contribution is -0.216. The van der Waals surface area contributed by atoms with Crippen molar-refractivity contribution in [3.8, 4) is 0 Å². The first-order valence-corrected chi connectivity index (χ1v) is 7.86. The molecule has 4 fully saturated rings. The summed E-state index contributed by atoms with van der Waals surface area (Å²) < 4.78 is 5.45.